The number of hydrogen-bond acceptors (Lipinski definition) is 10. The van der Waals surface area contributed by atoms with Crippen LogP contribution in [-0.4, -0.2) is 92.6 Å². The molecule has 0 bridgehead atoms. The molecular formula is C36H36N10O4. The molecule has 0 unspecified atom stereocenters. The Morgan fingerprint density at radius 1 is 0.480 bits per heavy atom. The van der Waals surface area contributed by atoms with Gasteiger partial charge in [-0.1, -0.05) is 36.4 Å². The van der Waals surface area contributed by atoms with Crippen molar-refractivity contribution >= 4 is 68.7 Å². The van der Waals surface area contributed by atoms with Crippen LogP contribution >= 0.6 is 0 Å². The summed E-state index contributed by atoms with van der Waals surface area (Å²) in [6.45, 7) is 4.22. The highest BCUT2D eigenvalue weighted by atomic mass is 16.2. The van der Waals surface area contributed by atoms with Gasteiger partial charge in [0.15, 0.2) is 0 Å². The molecule has 2 saturated heterocycles. The van der Waals surface area contributed by atoms with Gasteiger partial charge < -0.3 is 21.3 Å². The van der Waals surface area contributed by atoms with Gasteiger partial charge in [0.2, 0.25) is 11.8 Å². The van der Waals surface area contributed by atoms with Gasteiger partial charge in [0.25, 0.3) is 11.8 Å². The van der Waals surface area contributed by atoms with E-state index < -0.39 is 11.8 Å². The van der Waals surface area contributed by atoms with Crippen molar-refractivity contribution in [2.75, 3.05) is 60.5 Å². The number of nitrogens with one attached hydrogen (secondary N) is 4. The molecule has 0 atom stereocenters. The van der Waals surface area contributed by atoms with E-state index in [2.05, 4.69) is 51.0 Å². The van der Waals surface area contributed by atoms with Gasteiger partial charge in [-0.05, 0) is 88.3 Å². The normalized spacial score (nSPS) is 14.9. The molecule has 0 spiro atoms. The average molecular weight is 673 g/mol. The maximum Gasteiger partial charge on any atom is 0.275 e. The first kappa shape index (κ1) is 32.7. The van der Waals surface area contributed by atoms with Crippen LogP contribution in [0.25, 0.3) is 21.8 Å². The van der Waals surface area contributed by atoms with Crippen LogP contribution in [0, 0.1) is 0 Å². The van der Waals surface area contributed by atoms with E-state index in [1.165, 1.54) is 0 Å². The first-order valence-corrected chi connectivity index (χ1v) is 16.7. The highest BCUT2D eigenvalue weighted by Crippen LogP contribution is 2.24. The Morgan fingerprint density at radius 3 is 1.24 bits per heavy atom. The van der Waals surface area contributed by atoms with E-state index in [1.54, 1.807) is 60.7 Å². The second-order valence-electron chi connectivity index (χ2n) is 12.4. The van der Waals surface area contributed by atoms with Crippen LogP contribution in [0.3, 0.4) is 0 Å². The molecule has 2 aliphatic rings. The minimum atomic E-state index is -0.496. The average Bonchev–Trinajstić information content (AvgIpc) is 3.83. The van der Waals surface area contributed by atoms with E-state index in [0.717, 1.165) is 62.6 Å². The summed E-state index contributed by atoms with van der Waals surface area (Å²) in [5.74, 6) is -0.119. The topological polar surface area (TPSA) is 174 Å². The first-order chi connectivity index (χ1) is 24.4. The third-order valence-electron chi connectivity index (χ3n) is 8.63. The van der Waals surface area contributed by atoms with Crippen LogP contribution in [0.5, 0.6) is 0 Å². The number of benzene rings is 1. The SMILES string of the molecule is O=C(CN1CCCC1)Nc1cccc(NC(=O)c2ccc3ccc4ccc(C(=O)Nc5cccc(NC(=O)CN6CCCC6)n5)nc4c3n2)n1. The number of likely N-dealkylation sites (tertiary alicyclic amines) is 2. The molecule has 4 aromatic heterocycles. The Morgan fingerprint density at radius 2 is 0.840 bits per heavy atom. The van der Waals surface area contributed by atoms with Crippen LogP contribution in [0.1, 0.15) is 46.7 Å². The molecule has 14 heteroatoms. The minimum Gasteiger partial charge on any atom is -0.310 e. The van der Waals surface area contributed by atoms with E-state index in [0.29, 0.717) is 35.8 Å². The molecule has 1 aromatic carbocycles. The summed E-state index contributed by atoms with van der Waals surface area (Å²) < 4.78 is 0. The Bertz CT molecular complexity index is 1940. The first-order valence-electron chi connectivity index (χ1n) is 16.7. The Kier molecular flexibility index (Phi) is 9.62. The predicted molar refractivity (Wildman–Crippen MR) is 190 cm³/mol. The number of amides is 4. The number of hydrogen-bond donors (Lipinski definition) is 4. The number of carbonyl (C=O) groups excluding carboxylic acids is 4. The quantitative estimate of drug-likeness (QED) is 0.158. The van der Waals surface area contributed by atoms with E-state index in [1.807, 2.05) is 12.1 Å². The van der Waals surface area contributed by atoms with Crippen molar-refractivity contribution in [1.82, 2.24) is 29.7 Å². The number of aromatic nitrogens is 4. The fourth-order valence-corrected chi connectivity index (χ4v) is 6.18. The van der Waals surface area contributed by atoms with Crippen molar-refractivity contribution < 1.29 is 19.2 Å². The summed E-state index contributed by atoms with van der Waals surface area (Å²) in [6, 6.07) is 20.5. The lowest BCUT2D eigenvalue weighted by Crippen LogP contribution is -2.31. The largest absolute Gasteiger partial charge is 0.310 e. The fraction of sp³-hybridized carbons (Fsp3) is 0.278. The number of pyridine rings is 4. The highest BCUT2D eigenvalue weighted by Gasteiger charge is 2.18. The summed E-state index contributed by atoms with van der Waals surface area (Å²) in [4.78, 5) is 73.7. The number of nitrogens with zero attached hydrogens (tertiary/aromatic N) is 6. The number of carbonyl (C=O) groups is 4. The molecular weight excluding hydrogens is 636 g/mol. The molecule has 2 fully saturated rings. The Hall–Kier alpha value is -5.86. The third kappa shape index (κ3) is 7.88. The number of fused-ring (bicyclic) bond motifs is 3. The van der Waals surface area contributed by atoms with Crippen LogP contribution in [0.15, 0.2) is 72.8 Å². The molecule has 2 aliphatic heterocycles. The zero-order valence-corrected chi connectivity index (χ0v) is 27.3. The molecule has 0 aliphatic carbocycles. The van der Waals surface area contributed by atoms with Gasteiger partial charge in [-0.3, -0.25) is 29.0 Å². The number of anilines is 4. The smallest absolute Gasteiger partial charge is 0.275 e. The summed E-state index contributed by atoms with van der Waals surface area (Å²) in [5, 5.41) is 12.6. The second kappa shape index (κ2) is 14.7. The molecule has 5 aromatic rings. The molecule has 4 N–H and O–H groups in total. The van der Waals surface area contributed by atoms with Crippen LogP contribution in [0.2, 0.25) is 0 Å². The molecule has 254 valence electrons. The Labute approximate surface area is 287 Å². The third-order valence-corrected chi connectivity index (χ3v) is 8.63. The van der Waals surface area contributed by atoms with Crippen molar-refractivity contribution in [3.05, 3.63) is 84.2 Å². The van der Waals surface area contributed by atoms with E-state index in [-0.39, 0.29) is 34.8 Å². The van der Waals surface area contributed by atoms with Crippen molar-refractivity contribution in [2.24, 2.45) is 0 Å². The standard InChI is InChI=1S/C36H36N10O4/c47-31(21-45-17-1-2-18-45)41-27-7-5-9-29(39-27)43-35(49)25-15-13-23-11-12-24-14-16-26(38-34(24)33(23)37-25)36(50)44-30-10-6-8-28(40-30)42-32(48)22-46-19-3-4-20-46/h5-16H,1-4,17-22H2,(H2,39,41,43,47,49)(H2,40,42,44,48,50). The van der Waals surface area contributed by atoms with Gasteiger partial charge in [0, 0.05) is 10.8 Å². The summed E-state index contributed by atoms with van der Waals surface area (Å²) in [5.41, 5.74) is 1.14. The second-order valence-corrected chi connectivity index (χ2v) is 12.4. The minimum absolute atomic E-state index is 0.125. The van der Waals surface area contributed by atoms with E-state index >= 15 is 0 Å². The maximum absolute atomic E-state index is 13.3. The van der Waals surface area contributed by atoms with Crippen molar-refractivity contribution in [3.63, 3.8) is 0 Å². The lowest BCUT2D eigenvalue weighted by atomic mass is 10.1. The molecule has 4 amide bonds. The van der Waals surface area contributed by atoms with Crippen LogP contribution in [0.4, 0.5) is 23.3 Å². The van der Waals surface area contributed by atoms with Gasteiger partial charge in [0.1, 0.15) is 34.7 Å². The summed E-state index contributed by atoms with van der Waals surface area (Å²) >= 11 is 0. The van der Waals surface area contributed by atoms with Crippen molar-refractivity contribution in [3.8, 4) is 0 Å². The van der Waals surface area contributed by atoms with Crippen molar-refractivity contribution in [2.45, 2.75) is 25.7 Å². The van der Waals surface area contributed by atoms with Gasteiger partial charge in [-0.25, -0.2) is 19.9 Å². The molecule has 0 radical (unpaired) electrons. The van der Waals surface area contributed by atoms with E-state index in [4.69, 9.17) is 0 Å². The van der Waals surface area contributed by atoms with E-state index in [9.17, 15) is 19.2 Å². The lowest BCUT2D eigenvalue weighted by molar-refractivity contribution is -0.117. The molecule has 50 heavy (non-hydrogen) atoms. The number of rotatable bonds is 10. The summed E-state index contributed by atoms with van der Waals surface area (Å²) in [6.07, 6.45) is 4.36. The zero-order chi connectivity index (χ0) is 34.5. The monoisotopic (exact) mass is 672 g/mol. The Balaban J connectivity index is 1.04. The van der Waals surface area contributed by atoms with Crippen LogP contribution in [-0.2, 0) is 9.59 Å². The fourth-order valence-electron chi connectivity index (χ4n) is 6.18. The predicted octanol–water partition coefficient (Wildman–Crippen LogP) is 4.15. The lowest BCUT2D eigenvalue weighted by Gasteiger charge is -2.14. The molecule has 7 rings (SSSR count). The zero-order valence-electron chi connectivity index (χ0n) is 27.3. The summed E-state index contributed by atoms with van der Waals surface area (Å²) in [7, 11) is 0. The van der Waals surface area contributed by atoms with Crippen LogP contribution < -0.4 is 21.3 Å². The van der Waals surface area contributed by atoms with Crippen molar-refractivity contribution in [1.29, 1.82) is 0 Å². The molecule has 6 heterocycles. The maximum atomic E-state index is 13.3. The van der Waals surface area contributed by atoms with Gasteiger partial charge >= 0.3 is 0 Å². The van der Waals surface area contributed by atoms with Gasteiger partial charge in [0.05, 0.1) is 24.1 Å². The highest BCUT2D eigenvalue weighted by molar-refractivity contribution is 6.09. The molecule has 0 saturated carbocycles. The van der Waals surface area contributed by atoms with Gasteiger partial charge in [-0.15, -0.1) is 0 Å². The van der Waals surface area contributed by atoms with Gasteiger partial charge in [-0.2, -0.15) is 0 Å². The molecule has 14 nitrogen and oxygen atoms in total.